The van der Waals surface area contributed by atoms with Gasteiger partial charge in [0.15, 0.2) is 0 Å². The maximum atomic E-state index is 12.3. The lowest BCUT2D eigenvalue weighted by molar-refractivity contribution is -0.122. The summed E-state index contributed by atoms with van der Waals surface area (Å²) >= 11 is 0. The first-order valence-electron chi connectivity index (χ1n) is 9.32. The number of aryl methyl sites for hydroxylation is 1. The second-order valence-corrected chi connectivity index (χ2v) is 6.85. The molecule has 0 saturated heterocycles. The third-order valence-electron chi connectivity index (χ3n) is 4.89. The fraction of sp³-hybridized carbons (Fsp3) is 0.318. The normalized spacial score (nSPS) is 14.2. The van der Waals surface area contributed by atoms with E-state index >= 15 is 0 Å². The van der Waals surface area contributed by atoms with Gasteiger partial charge in [0.2, 0.25) is 5.91 Å². The average Bonchev–Trinajstić information content (AvgIpc) is 2.92. The molecule has 0 saturated carbocycles. The number of nitrogens with one attached hydrogen (secondary N) is 1. The number of carbonyl (C=O) groups is 3. The minimum Gasteiger partial charge on any atom is -0.349 e. The summed E-state index contributed by atoms with van der Waals surface area (Å²) in [5.41, 5.74) is 3.15. The highest BCUT2D eigenvalue weighted by atomic mass is 16.2. The predicted octanol–water partition coefficient (Wildman–Crippen LogP) is 3.64. The van der Waals surface area contributed by atoms with Crippen molar-refractivity contribution in [2.24, 2.45) is 0 Å². The van der Waals surface area contributed by atoms with Crippen LogP contribution in [-0.4, -0.2) is 29.2 Å². The number of hydrogen-bond acceptors (Lipinski definition) is 3. The molecule has 140 valence electrons. The zero-order valence-electron chi connectivity index (χ0n) is 15.7. The van der Waals surface area contributed by atoms with E-state index in [9.17, 15) is 14.4 Å². The summed E-state index contributed by atoms with van der Waals surface area (Å²) < 4.78 is 0. The standard InChI is InChI=1S/C22H24N2O3/c1-3-19(16-12-10-15(2)11-13-16)23-20(25)9-6-14-24-21(26)17-7-4-5-8-18(17)22(24)27/h4-5,7-8,10-13,19H,3,6,9,14H2,1-2H3,(H,23,25)/t19-/m0/s1. The van der Waals surface area contributed by atoms with Crippen molar-refractivity contribution >= 4 is 17.7 Å². The molecule has 0 fully saturated rings. The molecule has 0 spiro atoms. The van der Waals surface area contributed by atoms with Crippen LogP contribution in [0.3, 0.4) is 0 Å². The van der Waals surface area contributed by atoms with Gasteiger partial charge in [0.1, 0.15) is 0 Å². The zero-order valence-corrected chi connectivity index (χ0v) is 15.7. The van der Waals surface area contributed by atoms with Crippen LogP contribution in [0.4, 0.5) is 0 Å². The number of rotatable bonds is 7. The maximum Gasteiger partial charge on any atom is 0.261 e. The van der Waals surface area contributed by atoms with E-state index in [1.54, 1.807) is 24.3 Å². The van der Waals surface area contributed by atoms with Gasteiger partial charge in [-0.2, -0.15) is 0 Å². The third-order valence-corrected chi connectivity index (χ3v) is 4.89. The topological polar surface area (TPSA) is 66.5 Å². The van der Waals surface area contributed by atoms with Crippen LogP contribution >= 0.6 is 0 Å². The molecule has 0 aromatic heterocycles. The van der Waals surface area contributed by atoms with Gasteiger partial charge in [-0.3, -0.25) is 19.3 Å². The molecule has 27 heavy (non-hydrogen) atoms. The Labute approximate surface area is 159 Å². The zero-order chi connectivity index (χ0) is 19.4. The average molecular weight is 364 g/mol. The molecule has 2 aromatic rings. The molecule has 1 aliphatic rings. The highest BCUT2D eigenvalue weighted by Crippen LogP contribution is 2.23. The Kier molecular flexibility index (Phi) is 5.69. The Bertz CT molecular complexity index is 823. The van der Waals surface area contributed by atoms with Gasteiger partial charge < -0.3 is 5.32 Å². The van der Waals surface area contributed by atoms with E-state index in [1.165, 1.54) is 10.5 Å². The lowest BCUT2D eigenvalue weighted by Gasteiger charge is -2.18. The fourth-order valence-corrected chi connectivity index (χ4v) is 3.33. The summed E-state index contributed by atoms with van der Waals surface area (Å²) in [5.74, 6) is -0.622. The van der Waals surface area contributed by atoms with Crippen molar-refractivity contribution in [3.63, 3.8) is 0 Å². The Morgan fingerprint density at radius 1 is 1.00 bits per heavy atom. The fourth-order valence-electron chi connectivity index (χ4n) is 3.33. The van der Waals surface area contributed by atoms with Gasteiger partial charge in [-0.05, 0) is 37.5 Å². The van der Waals surface area contributed by atoms with Crippen molar-refractivity contribution in [2.45, 2.75) is 39.2 Å². The second-order valence-electron chi connectivity index (χ2n) is 6.85. The third kappa shape index (κ3) is 4.08. The number of hydrogen-bond donors (Lipinski definition) is 1. The van der Waals surface area contributed by atoms with Crippen LogP contribution in [-0.2, 0) is 4.79 Å². The number of benzene rings is 2. The molecule has 1 N–H and O–H groups in total. The van der Waals surface area contributed by atoms with Crippen LogP contribution < -0.4 is 5.32 Å². The summed E-state index contributed by atoms with van der Waals surface area (Å²) in [5, 5.41) is 3.04. The quantitative estimate of drug-likeness (QED) is 0.763. The van der Waals surface area contributed by atoms with Crippen LogP contribution in [0, 0.1) is 6.92 Å². The molecule has 1 aliphatic heterocycles. The molecule has 1 atom stereocenters. The van der Waals surface area contributed by atoms with Crippen LogP contribution in [0.5, 0.6) is 0 Å². The van der Waals surface area contributed by atoms with Crippen molar-refractivity contribution in [2.75, 3.05) is 6.54 Å². The van der Waals surface area contributed by atoms with E-state index in [4.69, 9.17) is 0 Å². The first-order valence-corrected chi connectivity index (χ1v) is 9.32. The van der Waals surface area contributed by atoms with Crippen molar-refractivity contribution in [1.82, 2.24) is 10.2 Å². The SMILES string of the molecule is CC[C@H](NC(=O)CCCN1C(=O)c2ccccc2C1=O)c1ccc(C)cc1. The minimum absolute atomic E-state index is 0.0302. The Morgan fingerprint density at radius 3 is 2.15 bits per heavy atom. The van der Waals surface area contributed by atoms with Gasteiger partial charge in [-0.25, -0.2) is 0 Å². The molecule has 5 nitrogen and oxygen atoms in total. The largest absolute Gasteiger partial charge is 0.349 e. The summed E-state index contributed by atoms with van der Waals surface area (Å²) in [7, 11) is 0. The number of carbonyl (C=O) groups excluding carboxylic acids is 3. The molecule has 3 rings (SSSR count). The maximum absolute atomic E-state index is 12.3. The Morgan fingerprint density at radius 2 is 1.59 bits per heavy atom. The molecule has 2 aromatic carbocycles. The smallest absolute Gasteiger partial charge is 0.261 e. The van der Waals surface area contributed by atoms with Gasteiger partial charge in [0.25, 0.3) is 11.8 Å². The van der Waals surface area contributed by atoms with Crippen molar-refractivity contribution in [3.05, 3.63) is 70.8 Å². The second kappa shape index (κ2) is 8.16. The molecule has 1 heterocycles. The molecule has 0 radical (unpaired) electrons. The van der Waals surface area contributed by atoms with E-state index in [1.807, 2.05) is 38.1 Å². The first kappa shape index (κ1) is 18.8. The monoisotopic (exact) mass is 364 g/mol. The highest BCUT2D eigenvalue weighted by molar-refractivity contribution is 6.21. The van der Waals surface area contributed by atoms with Crippen LogP contribution in [0.25, 0.3) is 0 Å². The summed E-state index contributed by atoms with van der Waals surface area (Å²) in [6.07, 6.45) is 1.52. The van der Waals surface area contributed by atoms with E-state index in [2.05, 4.69) is 5.32 Å². The number of amides is 3. The van der Waals surface area contributed by atoms with Gasteiger partial charge in [-0.15, -0.1) is 0 Å². The molecule has 3 amide bonds. The van der Waals surface area contributed by atoms with Gasteiger partial charge in [-0.1, -0.05) is 48.9 Å². The lowest BCUT2D eigenvalue weighted by Crippen LogP contribution is -2.32. The van der Waals surface area contributed by atoms with E-state index in [0.29, 0.717) is 17.5 Å². The van der Waals surface area contributed by atoms with Crippen LogP contribution in [0.2, 0.25) is 0 Å². The molecular formula is C22H24N2O3. The Balaban J connectivity index is 1.52. The summed E-state index contributed by atoms with van der Waals surface area (Å²) in [6, 6.07) is 14.9. The van der Waals surface area contributed by atoms with Crippen molar-refractivity contribution < 1.29 is 14.4 Å². The predicted molar refractivity (Wildman–Crippen MR) is 103 cm³/mol. The minimum atomic E-state index is -0.276. The summed E-state index contributed by atoms with van der Waals surface area (Å²) in [4.78, 5) is 38.2. The molecule has 0 unspecified atom stereocenters. The molecular weight excluding hydrogens is 340 g/mol. The van der Waals surface area contributed by atoms with Gasteiger partial charge >= 0.3 is 0 Å². The lowest BCUT2D eigenvalue weighted by atomic mass is 10.0. The van der Waals surface area contributed by atoms with E-state index < -0.39 is 0 Å². The van der Waals surface area contributed by atoms with Crippen molar-refractivity contribution in [1.29, 1.82) is 0 Å². The Hall–Kier alpha value is -2.95. The van der Waals surface area contributed by atoms with E-state index in [-0.39, 0.29) is 36.7 Å². The van der Waals surface area contributed by atoms with Gasteiger partial charge in [0.05, 0.1) is 17.2 Å². The first-order chi connectivity index (χ1) is 13.0. The van der Waals surface area contributed by atoms with Crippen LogP contribution in [0.1, 0.15) is 64.1 Å². The van der Waals surface area contributed by atoms with E-state index in [0.717, 1.165) is 12.0 Å². The highest BCUT2D eigenvalue weighted by Gasteiger charge is 2.34. The van der Waals surface area contributed by atoms with Gasteiger partial charge in [0, 0.05) is 13.0 Å². The molecule has 0 aliphatic carbocycles. The number of nitrogens with zero attached hydrogens (tertiary/aromatic N) is 1. The number of imide groups is 1. The summed E-state index contributed by atoms with van der Waals surface area (Å²) in [6.45, 7) is 4.31. The molecule has 0 bridgehead atoms. The molecule has 5 heteroatoms. The van der Waals surface area contributed by atoms with Crippen LogP contribution in [0.15, 0.2) is 48.5 Å². The number of fused-ring (bicyclic) bond motifs is 1. The van der Waals surface area contributed by atoms with Crippen molar-refractivity contribution in [3.8, 4) is 0 Å².